The molecular formula is C17H20Cl2N2O4. The minimum absolute atomic E-state index is 0.100. The Morgan fingerprint density at radius 3 is 2.36 bits per heavy atom. The van der Waals surface area contributed by atoms with Gasteiger partial charge in [0.2, 0.25) is 0 Å². The van der Waals surface area contributed by atoms with Crippen LogP contribution in [0.5, 0.6) is 5.75 Å². The van der Waals surface area contributed by atoms with Gasteiger partial charge < -0.3 is 20.1 Å². The van der Waals surface area contributed by atoms with E-state index >= 15 is 0 Å². The monoisotopic (exact) mass is 386 g/mol. The summed E-state index contributed by atoms with van der Waals surface area (Å²) in [6.07, 6.45) is 0.362. The molecular weight excluding hydrogens is 367 g/mol. The summed E-state index contributed by atoms with van der Waals surface area (Å²) in [5, 5.41) is 5.94. The lowest BCUT2D eigenvalue weighted by atomic mass is 9.94. The molecule has 1 aliphatic rings. The molecule has 0 aromatic heterocycles. The number of allylic oxidation sites excluding steroid dienone is 1. The van der Waals surface area contributed by atoms with Crippen molar-refractivity contribution in [2.24, 2.45) is 0 Å². The van der Waals surface area contributed by atoms with Gasteiger partial charge in [-0.2, -0.15) is 0 Å². The highest BCUT2D eigenvalue weighted by Crippen LogP contribution is 2.39. The van der Waals surface area contributed by atoms with E-state index in [0.717, 1.165) is 0 Å². The summed E-state index contributed by atoms with van der Waals surface area (Å²) in [5.74, 6) is -0.175. The first-order valence-corrected chi connectivity index (χ1v) is 8.58. The van der Waals surface area contributed by atoms with Crippen molar-refractivity contribution in [3.63, 3.8) is 0 Å². The minimum atomic E-state index is -0.723. The van der Waals surface area contributed by atoms with E-state index in [2.05, 4.69) is 10.6 Å². The van der Waals surface area contributed by atoms with Gasteiger partial charge in [-0.25, -0.2) is 9.59 Å². The van der Waals surface area contributed by atoms with Gasteiger partial charge in [-0.1, -0.05) is 30.1 Å². The molecule has 6 nitrogen and oxygen atoms in total. The average Bonchev–Trinajstić information content (AvgIpc) is 2.56. The number of halogens is 2. The molecule has 1 aliphatic heterocycles. The number of carbonyl (C=O) groups is 2. The minimum Gasteiger partial charge on any atom is -0.488 e. The first kappa shape index (κ1) is 19.4. The van der Waals surface area contributed by atoms with Crippen LogP contribution in [0, 0.1) is 0 Å². The van der Waals surface area contributed by atoms with Crippen molar-refractivity contribution in [1.82, 2.24) is 10.6 Å². The molecule has 0 bridgehead atoms. The Morgan fingerprint density at radius 1 is 1.28 bits per heavy atom. The summed E-state index contributed by atoms with van der Waals surface area (Å²) in [6.45, 7) is 5.55. The third kappa shape index (κ3) is 4.19. The number of ether oxygens (including phenoxy) is 2. The highest BCUT2D eigenvalue weighted by Gasteiger charge is 2.33. The van der Waals surface area contributed by atoms with E-state index in [0.29, 0.717) is 39.0 Å². The van der Waals surface area contributed by atoms with Gasteiger partial charge in [-0.15, -0.1) is 0 Å². The van der Waals surface area contributed by atoms with Crippen molar-refractivity contribution in [1.29, 1.82) is 0 Å². The highest BCUT2D eigenvalue weighted by atomic mass is 35.5. The second kappa shape index (κ2) is 7.97. The lowest BCUT2D eigenvalue weighted by Crippen LogP contribution is -2.45. The number of rotatable bonds is 5. The maximum absolute atomic E-state index is 12.2. The number of carbonyl (C=O) groups excluding carboxylic acids is 2. The fourth-order valence-corrected chi connectivity index (χ4v) is 3.19. The van der Waals surface area contributed by atoms with Crippen LogP contribution in [0.4, 0.5) is 4.79 Å². The van der Waals surface area contributed by atoms with Gasteiger partial charge in [0.25, 0.3) is 0 Å². The lowest BCUT2D eigenvalue weighted by molar-refractivity contribution is -0.136. The van der Waals surface area contributed by atoms with Gasteiger partial charge in [-0.3, -0.25) is 0 Å². The fraction of sp³-hybridized carbons (Fsp3) is 0.412. The fourth-order valence-electron chi connectivity index (χ4n) is 2.59. The summed E-state index contributed by atoms with van der Waals surface area (Å²) in [6, 6.07) is 2.11. The zero-order valence-corrected chi connectivity index (χ0v) is 15.9. The van der Waals surface area contributed by atoms with Gasteiger partial charge in [0.1, 0.15) is 0 Å². The smallest absolute Gasteiger partial charge is 0.337 e. The zero-order chi connectivity index (χ0) is 18.7. The van der Waals surface area contributed by atoms with Crippen LogP contribution < -0.4 is 15.4 Å². The summed E-state index contributed by atoms with van der Waals surface area (Å²) < 4.78 is 10.5. The number of methoxy groups -OCH3 is 1. The molecule has 0 saturated carbocycles. The molecule has 1 aromatic carbocycles. The topological polar surface area (TPSA) is 76.7 Å². The molecule has 2 rings (SSSR count). The van der Waals surface area contributed by atoms with E-state index in [1.165, 1.54) is 7.11 Å². The van der Waals surface area contributed by atoms with Crippen LogP contribution in [0.15, 0.2) is 23.4 Å². The van der Waals surface area contributed by atoms with E-state index < -0.39 is 18.0 Å². The molecule has 0 fully saturated rings. The van der Waals surface area contributed by atoms with Gasteiger partial charge >= 0.3 is 12.0 Å². The maximum Gasteiger partial charge on any atom is 0.337 e. The largest absolute Gasteiger partial charge is 0.488 e. The molecule has 0 radical (unpaired) electrons. The van der Waals surface area contributed by atoms with E-state index in [1.54, 1.807) is 12.1 Å². The van der Waals surface area contributed by atoms with Gasteiger partial charge in [0, 0.05) is 5.70 Å². The number of amides is 2. The Hall–Kier alpha value is -1.92. The number of benzene rings is 1. The van der Waals surface area contributed by atoms with Crippen molar-refractivity contribution >= 4 is 35.2 Å². The molecule has 0 saturated heterocycles. The highest BCUT2D eigenvalue weighted by molar-refractivity contribution is 6.37. The van der Waals surface area contributed by atoms with E-state index in [1.807, 2.05) is 20.8 Å². The molecule has 1 heterocycles. The molecule has 0 aliphatic carbocycles. The van der Waals surface area contributed by atoms with E-state index in [4.69, 9.17) is 32.7 Å². The van der Waals surface area contributed by atoms with Crippen LogP contribution in [-0.2, 0) is 9.53 Å². The van der Waals surface area contributed by atoms with Crippen LogP contribution in [-0.4, -0.2) is 25.2 Å². The van der Waals surface area contributed by atoms with Crippen molar-refractivity contribution in [2.75, 3.05) is 7.11 Å². The van der Waals surface area contributed by atoms with Gasteiger partial charge in [-0.05, 0) is 38.0 Å². The summed E-state index contributed by atoms with van der Waals surface area (Å²) in [5.41, 5.74) is 1.37. The first-order valence-electron chi connectivity index (χ1n) is 7.82. The summed E-state index contributed by atoms with van der Waals surface area (Å²) >= 11 is 12.6. The van der Waals surface area contributed by atoms with Gasteiger partial charge in [0.05, 0.1) is 34.9 Å². The number of esters is 1. The molecule has 136 valence electrons. The van der Waals surface area contributed by atoms with Crippen LogP contribution in [0.1, 0.15) is 38.8 Å². The lowest BCUT2D eigenvalue weighted by Gasteiger charge is -2.29. The Labute approximate surface area is 156 Å². The van der Waals surface area contributed by atoms with Crippen LogP contribution in [0.2, 0.25) is 10.0 Å². The van der Waals surface area contributed by atoms with E-state index in [-0.39, 0.29) is 6.10 Å². The zero-order valence-electron chi connectivity index (χ0n) is 14.4. The normalized spacial score (nSPS) is 17.2. The summed E-state index contributed by atoms with van der Waals surface area (Å²) in [4.78, 5) is 24.2. The van der Waals surface area contributed by atoms with Crippen LogP contribution in [0.3, 0.4) is 0 Å². The number of urea groups is 1. The standard InChI is InChI=1S/C17H20Cl2N2O4/c1-5-12-13(16(22)24-4)14(21-17(23)20-12)9-6-10(18)15(11(19)7-9)25-8(2)3/h6-8,14H,5H2,1-4H3,(H2,20,21,23). The van der Waals surface area contributed by atoms with Crippen molar-refractivity contribution in [3.05, 3.63) is 39.0 Å². The molecule has 1 unspecified atom stereocenters. The molecule has 1 atom stereocenters. The molecule has 0 spiro atoms. The number of hydrogen-bond acceptors (Lipinski definition) is 4. The Morgan fingerprint density at radius 2 is 1.88 bits per heavy atom. The third-order valence-corrected chi connectivity index (χ3v) is 4.18. The maximum atomic E-state index is 12.2. The molecule has 2 N–H and O–H groups in total. The van der Waals surface area contributed by atoms with E-state index in [9.17, 15) is 9.59 Å². The second-order valence-electron chi connectivity index (χ2n) is 5.75. The second-order valence-corrected chi connectivity index (χ2v) is 6.56. The van der Waals surface area contributed by atoms with Crippen molar-refractivity contribution in [3.8, 4) is 5.75 Å². The third-order valence-electron chi connectivity index (χ3n) is 3.62. The van der Waals surface area contributed by atoms with Crippen molar-refractivity contribution in [2.45, 2.75) is 39.3 Å². The molecule has 1 aromatic rings. The predicted molar refractivity (Wildman–Crippen MR) is 96.0 cm³/mol. The SMILES string of the molecule is CCC1=C(C(=O)OC)C(c2cc(Cl)c(OC(C)C)c(Cl)c2)NC(=O)N1. The molecule has 2 amide bonds. The molecule has 8 heteroatoms. The van der Waals surface area contributed by atoms with Crippen molar-refractivity contribution < 1.29 is 19.1 Å². The van der Waals surface area contributed by atoms with Crippen LogP contribution in [0.25, 0.3) is 0 Å². The van der Waals surface area contributed by atoms with Crippen LogP contribution >= 0.6 is 23.2 Å². The summed E-state index contributed by atoms with van der Waals surface area (Å²) in [7, 11) is 1.29. The molecule has 25 heavy (non-hydrogen) atoms. The van der Waals surface area contributed by atoms with Gasteiger partial charge in [0.15, 0.2) is 5.75 Å². The quantitative estimate of drug-likeness (QED) is 0.750. The Bertz CT molecular complexity index is 708. The Balaban J connectivity index is 2.54. The average molecular weight is 387 g/mol. The first-order chi connectivity index (χ1) is 11.8. The predicted octanol–water partition coefficient (Wildman–Crippen LogP) is 3.97. The Kier molecular flexibility index (Phi) is 6.19. The number of hydrogen-bond donors (Lipinski definition) is 2. The number of nitrogens with one attached hydrogen (secondary N) is 2.